The van der Waals surface area contributed by atoms with Crippen molar-refractivity contribution in [3.63, 3.8) is 0 Å². The van der Waals surface area contributed by atoms with Crippen molar-refractivity contribution in [1.82, 2.24) is 24.9 Å². The minimum Gasteiger partial charge on any atom is -0.324 e. The predicted octanol–water partition coefficient (Wildman–Crippen LogP) is 2.02. The molecule has 2 N–H and O–H groups in total. The van der Waals surface area contributed by atoms with Crippen LogP contribution in [0.3, 0.4) is 0 Å². The number of para-hydroxylation sites is 1. The van der Waals surface area contributed by atoms with Gasteiger partial charge in [0, 0.05) is 16.8 Å². The van der Waals surface area contributed by atoms with Crippen LogP contribution in [0.25, 0.3) is 11.7 Å². The van der Waals surface area contributed by atoms with Gasteiger partial charge in [-0.1, -0.05) is 30.0 Å². The summed E-state index contributed by atoms with van der Waals surface area (Å²) in [4.78, 5) is 32.1. The molecule has 3 aromatic rings. The van der Waals surface area contributed by atoms with Crippen LogP contribution in [0.1, 0.15) is 12.0 Å². The quantitative estimate of drug-likeness (QED) is 0.414. The zero-order valence-electron chi connectivity index (χ0n) is 13.8. The molecule has 8 nitrogen and oxygen atoms in total. The van der Waals surface area contributed by atoms with Gasteiger partial charge in [-0.05, 0) is 24.5 Å². The van der Waals surface area contributed by atoms with Crippen LogP contribution in [0.15, 0.2) is 47.3 Å². The molecule has 2 amide bonds. The number of hydrogen-bond donors (Lipinski definition) is 2. The molecule has 4 rings (SSSR count). The largest absolute Gasteiger partial charge is 0.324 e. The first-order valence-corrected chi connectivity index (χ1v) is 9.03. The second-order valence-corrected chi connectivity index (χ2v) is 6.36. The highest BCUT2D eigenvalue weighted by atomic mass is 32.2. The molecule has 2 aromatic heterocycles. The minimum absolute atomic E-state index is 0.0613. The van der Waals surface area contributed by atoms with E-state index in [0.29, 0.717) is 27.9 Å². The molecule has 130 valence electrons. The summed E-state index contributed by atoms with van der Waals surface area (Å²) in [5, 5.41) is 10.4. The second kappa shape index (κ2) is 6.60. The summed E-state index contributed by atoms with van der Waals surface area (Å²) in [5.74, 6) is -0.165. The van der Waals surface area contributed by atoms with Gasteiger partial charge in [0.05, 0.1) is 12.6 Å². The van der Waals surface area contributed by atoms with E-state index >= 15 is 0 Å². The number of carbonyl (C=O) groups is 2. The summed E-state index contributed by atoms with van der Waals surface area (Å²) in [6, 6.07) is 9.62. The fourth-order valence-electron chi connectivity index (χ4n) is 2.61. The number of nitrogens with zero attached hydrogens (tertiary/aromatic N) is 4. The smallest absolute Gasteiger partial charge is 0.254 e. The molecular formula is C17H14N6O2S. The summed E-state index contributed by atoms with van der Waals surface area (Å²) in [6.07, 6.45) is 5.20. The molecule has 1 saturated heterocycles. The molecule has 9 heteroatoms. The van der Waals surface area contributed by atoms with Crippen molar-refractivity contribution in [1.29, 1.82) is 0 Å². The number of thioether (sulfide) groups is 1. The molecule has 3 heterocycles. The Kier molecular flexibility index (Phi) is 4.13. The van der Waals surface area contributed by atoms with E-state index in [-0.39, 0.29) is 18.2 Å². The first-order chi connectivity index (χ1) is 12.6. The van der Waals surface area contributed by atoms with Gasteiger partial charge in [-0.2, -0.15) is 14.6 Å². The Morgan fingerprint density at radius 1 is 1.23 bits per heavy atom. The number of imide groups is 1. The zero-order chi connectivity index (χ0) is 18.1. The summed E-state index contributed by atoms with van der Waals surface area (Å²) >= 11 is 1.41. The van der Waals surface area contributed by atoms with Crippen LogP contribution >= 0.6 is 11.8 Å². The Hall–Kier alpha value is -3.20. The number of aromatic nitrogens is 4. The Bertz CT molecular complexity index is 1040. The number of fused-ring (bicyclic) bond motifs is 1. The van der Waals surface area contributed by atoms with Crippen molar-refractivity contribution < 1.29 is 9.59 Å². The molecule has 0 unspecified atom stereocenters. The lowest BCUT2D eigenvalue weighted by atomic mass is 10.1. The second-order valence-electron chi connectivity index (χ2n) is 5.58. The van der Waals surface area contributed by atoms with E-state index in [0.717, 1.165) is 5.69 Å². The molecule has 0 bridgehead atoms. The third-order valence-corrected chi connectivity index (χ3v) is 4.36. The minimum atomic E-state index is -0.379. The van der Waals surface area contributed by atoms with Gasteiger partial charge in [0.15, 0.2) is 10.8 Å². The average Bonchev–Trinajstić information content (AvgIpc) is 3.19. The maximum absolute atomic E-state index is 11.8. The number of anilines is 2. The highest BCUT2D eigenvalue weighted by Gasteiger charge is 2.24. The van der Waals surface area contributed by atoms with Crippen molar-refractivity contribution in [3.8, 4) is 0 Å². The molecule has 0 aliphatic carbocycles. The van der Waals surface area contributed by atoms with E-state index < -0.39 is 0 Å². The van der Waals surface area contributed by atoms with Gasteiger partial charge in [0.1, 0.15) is 0 Å². The van der Waals surface area contributed by atoms with Crippen molar-refractivity contribution in [2.45, 2.75) is 11.6 Å². The topological polar surface area (TPSA) is 101 Å². The monoisotopic (exact) mass is 366 g/mol. The number of hydrogen-bond acceptors (Lipinski definition) is 7. The number of amides is 2. The third kappa shape index (κ3) is 3.04. The molecule has 1 fully saturated rings. The van der Waals surface area contributed by atoms with Gasteiger partial charge in [-0.15, -0.1) is 0 Å². The van der Waals surface area contributed by atoms with Gasteiger partial charge in [-0.25, -0.2) is 4.98 Å². The molecule has 26 heavy (non-hydrogen) atoms. The van der Waals surface area contributed by atoms with Gasteiger partial charge in [-0.3, -0.25) is 14.9 Å². The lowest BCUT2D eigenvalue weighted by Gasteiger charge is -2.08. The van der Waals surface area contributed by atoms with Crippen LogP contribution in [0.2, 0.25) is 0 Å². The van der Waals surface area contributed by atoms with E-state index in [1.807, 2.05) is 36.6 Å². The van der Waals surface area contributed by atoms with Crippen molar-refractivity contribution in [2.24, 2.45) is 0 Å². The summed E-state index contributed by atoms with van der Waals surface area (Å²) < 4.78 is 1.58. The molecule has 0 spiro atoms. The summed E-state index contributed by atoms with van der Waals surface area (Å²) in [7, 11) is 0. The van der Waals surface area contributed by atoms with Crippen LogP contribution in [0, 0.1) is 0 Å². The van der Waals surface area contributed by atoms with Crippen LogP contribution in [-0.4, -0.2) is 37.7 Å². The van der Waals surface area contributed by atoms with Gasteiger partial charge < -0.3 is 5.32 Å². The van der Waals surface area contributed by atoms with Crippen LogP contribution < -0.4 is 10.6 Å². The Morgan fingerprint density at radius 2 is 2.04 bits per heavy atom. The van der Waals surface area contributed by atoms with E-state index in [1.54, 1.807) is 16.8 Å². The maximum atomic E-state index is 11.8. The molecule has 1 aromatic carbocycles. The van der Waals surface area contributed by atoms with Gasteiger partial charge >= 0.3 is 0 Å². The molecular weight excluding hydrogens is 352 g/mol. The number of nitrogens with one attached hydrogen (secondary N) is 2. The van der Waals surface area contributed by atoms with Crippen LogP contribution in [0.4, 0.5) is 11.6 Å². The first kappa shape index (κ1) is 16.3. The average molecular weight is 366 g/mol. The molecule has 0 saturated carbocycles. The Labute approximate surface area is 152 Å². The molecule has 1 aliphatic heterocycles. The van der Waals surface area contributed by atoms with Gasteiger partial charge in [0.25, 0.3) is 5.91 Å². The normalized spacial score (nSPS) is 15.7. The first-order valence-electron chi connectivity index (χ1n) is 7.80. The zero-order valence-corrected chi connectivity index (χ0v) is 14.6. The lowest BCUT2D eigenvalue weighted by Crippen LogP contribution is -2.19. The number of rotatable bonds is 4. The van der Waals surface area contributed by atoms with Crippen LogP contribution in [-0.2, 0) is 9.59 Å². The molecule has 0 radical (unpaired) electrons. The predicted molar refractivity (Wildman–Crippen MR) is 98.0 cm³/mol. The summed E-state index contributed by atoms with van der Waals surface area (Å²) in [6.45, 7) is 0. The lowest BCUT2D eigenvalue weighted by molar-refractivity contribution is -0.124. The van der Waals surface area contributed by atoms with E-state index in [4.69, 9.17) is 0 Å². The van der Waals surface area contributed by atoms with E-state index in [9.17, 15) is 9.59 Å². The van der Waals surface area contributed by atoms with Gasteiger partial charge in [0.2, 0.25) is 11.9 Å². The number of benzene rings is 1. The molecule has 0 atom stereocenters. The summed E-state index contributed by atoms with van der Waals surface area (Å²) in [5.41, 5.74) is 2.48. The Balaban J connectivity index is 1.80. The molecule has 1 aliphatic rings. The standard InChI is InChI=1S/C17H14N6O2S/c1-26-17-21-14-11(7-10-8-13(24)20-15(10)25)9-18-23(14)16(22-17)19-12-5-3-2-4-6-12/h2-7,9H,8H2,1H3,(H,19,21,22)(H,20,24,25)/b10-7+. The Morgan fingerprint density at radius 3 is 2.73 bits per heavy atom. The van der Waals surface area contributed by atoms with E-state index in [1.165, 1.54) is 11.8 Å². The third-order valence-electron chi connectivity index (χ3n) is 3.81. The van der Waals surface area contributed by atoms with Crippen LogP contribution in [0.5, 0.6) is 0 Å². The maximum Gasteiger partial charge on any atom is 0.254 e. The van der Waals surface area contributed by atoms with E-state index in [2.05, 4.69) is 25.7 Å². The SMILES string of the molecule is CSc1nc(Nc2ccccc2)n2ncc(/C=C3\CC(=O)NC3=O)c2n1. The highest BCUT2D eigenvalue weighted by molar-refractivity contribution is 7.98. The highest BCUT2D eigenvalue weighted by Crippen LogP contribution is 2.23. The fraction of sp³-hybridized carbons (Fsp3) is 0.118. The van der Waals surface area contributed by atoms with Crippen molar-refractivity contribution >= 4 is 46.9 Å². The number of carbonyl (C=O) groups excluding carboxylic acids is 2. The fourth-order valence-corrected chi connectivity index (χ4v) is 2.96. The van der Waals surface area contributed by atoms with Crippen molar-refractivity contribution in [2.75, 3.05) is 11.6 Å². The van der Waals surface area contributed by atoms with Crippen molar-refractivity contribution in [3.05, 3.63) is 47.7 Å².